The molecule has 0 bridgehead atoms. The zero-order valence-electron chi connectivity index (χ0n) is 11.7. The molecule has 0 atom stereocenters. The largest absolute Gasteiger partial charge is 0.467 e. The molecule has 0 amide bonds. The van der Waals surface area contributed by atoms with Crippen molar-refractivity contribution in [1.29, 1.82) is 0 Å². The van der Waals surface area contributed by atoms with Crippen LogP contribution in [0.15, 0.2) is 0 Å². The SMILES string of the molecule is COC(=O)C1(OCCCN(C)C)CCCCC1.Cl. The van der Waals surface area contributed by atoms with Crippen molar-refractivity contribution >= 4 is 18.4 Å². The third kappa shape index (κ3) is 5.12. The van der Waals surface area contributed by atoms with E-state index in [0.29, 0.717) is 6.61 Å². The highest BCUT2D eigenvalue weighted by atomic mass is 35.5. The molecule has 0 heterocycles. The smallest absolute Gasteiger partial charge is 0.338 e. The van der Waals surface area contributed by atoms with Crippen LogP contribution in [0.5, 0.6) is 0 Å². The van der Waals surface area contributed by atoms with Crippen LogP contribution in [0.2, 0.25) is 0 Å². The number of halogens is 1. The van der Waals surface area contributed by atoms with Crippen molar-refractivity contribution in [3.8, 4) is 0 Å². The topological polar surface area (TPSA) is 38.8 Å². The number of hydrogen-bond acceptors (Lipinski definition) is 4. The molecule has 0 N–H and O–H groups in total. The van der Waals surface area contributed by atoms with E-state index < -0.39 is 5.60 Å². The maximum atomic E-state index is 11.9. The molecule has 0 aromatic heterocycles. The Labute approximate surface area is 116 Å². The van der Waals surface area contributed by atoms with Gasteiger partial charge in [-0.3, -0.25) is 0 Å². The lowest BCUT2D eigenvalue weighted by atomic mass is 9.84. The molecular formula is C13H26ClNO3. The predicted molar refractivity (Wildman–Crippen MR) is 74.2 cm³/mol. The third-order valence-corrected chi connectivity index (χ3v) is 3.35. The second-order valence-corrected chi connectivity index (χ2v) is 5.05. The van der Waals surface area contributed by atoms with Crippen LogP contribution in [-0.2, 0) is 14.3 Å². The van der Waals surface area contributed by atoms with Gasteiger partial charge in [0, 0.05) is 6.61 Å². The van der Waals surface area contributed by atoms with E-state index in [1.165, 1.54) is 13.5 Å². The molecule has 4 nitrogen and oxygen atoms in total. The summed E-state index contributed by atoms with van der Waals surface area (Å²) < 4.78 is 10.8. The van der Waals surface area contributed by atoms with Gasteiger partial charge in [-0.1, -0.05) is 6.42 Å². The van der Waals surface area contributed by atoms with Gasteiger partial charge in [0.05, 0.1) is 7.11 Å². The summed E-state index contributed by atoms with van der Waals surface area (Å²) in [7, 11) is 5.52. The van der Waals surface area contributed by atoms with Crippen molar-refractivity contribution in [3.05, 3.63) is 0 Å². The minimum atomic E-state index is -0.653. The van der Waals surface area contributed by atoms with Gasteiger partial charge in [-0.25, -0.2) is 4.79 Å². The summed E-state index contributed by atoms with van der Waals surface area (Å²) in [6.45, 7) is 1.62. The monoisotopic (exact) mass is 279 g/mol. The molecule has 108 valence electrons. The van der Waals surface area contributed by atoms with Crippen LogP contribution in [0.1, 0.15) is 38.5 Å². The van der Waals surface area contributed by atoms with Gasteiger partial charge in [0.1, 0.15) is 0 Å². The highest BCUT2D eigenvalue weighted by molar-refractivity contribution is 5.85. The summed E-state index contributed by atoms with van der Waals surface area (Å²) in [5.41, 5.74) is -0.653. The maximum absolute atomic E-state index is 11.9. The van der Waals surface area contributed by atoms with Gasteiger partial charge >= 0.3 is 5.97 Å². The van der Waals surface area contributed by atoms with Crippen LogP contribution in [0.3, 0.4) is 0 Å². The highest BCUT2D eigenvalue weighted by Gasteiger charge is 2.41. The Hall–Kier alpha value is -0.320. The fraction of sp³-hybridized carbons (Fsp3) is 0.923. The number of hydrogen-bond donors (Lipinski definition) is 0. The van der Waals surface area contributed by atoms with Crippen molar-refractivity contribution in [1.82, 2.24) is 4.90 Å². The van der Waals surface area contributed by atoms with E-state index in [0.717, 1.165) is 38.6 Å². The molecule has 0 saturated heterocycles. The van der Waals surface area contributed by atoms with Crippen molar-refractivity contribution < 1.29 is 14.3 Å². The number of esters is 1. The number of methoxy groups -OCH3 is 1. The minimum absolute atomic E-state index is 0. The summed E-state index contributed by atoms with van der Waals surface area (Å²) in [5, 5.41) is 0. The lowest BCUT2D eigenvalue weighted by Gasteiger charge is -2.34. The van der Waals surface area contributed by atoms with Crippen LogP contribution in [-0.4, -0.2) is 50.8 Å². The number of carbonyl (C=O) groups is 1. The van der Waals surface area contributed by atoms with Crippen molar-refractivity contribution in [2.24, 2.45) is 0 Å². The normalized spacial score (nSPS) is 18.2. The van der Waals surface area contributed by atoms with Gasteiger partial charge < -0.3 is 14.4 Å². The molecule has 1 saturated carbocycles. The van der Waals surface area contributed by atoms with Crippen LogP contribution in [0.25, 0.3) is 0 Å². The zero-order chi connectivity index (χ0) is 12.7. The van der Waals surface area contributed by atoms with Crippen molar-refractivity contribution in [3.63, 3.8) is 0 Å². The molecule has 18 heavy (non-hydrogen) atoms. The Kier molecular flexibility index (Phi) is 8.57. The molecule has 1 rings (SSSR count). The fourth-order valence-electron chi connectivity index (χ4n) is 2.36. The Morgan fingerprint density at radius 2 is 1.83 bits per heavy atom. The quantitative estimate of drug-likeness (QED) is 0.552. The van der Waals surface area contributed by atoms with Gasteiger partial charge in [0.15, 0.2) is 5.60 Å². The standard InChI is InChI=1S/C13H25NO3.ClH/c1-14(2)10-7-11-17-13(12(15)16-3)8-5-4-6-9-13;/h4-11H2,1-3H3;1H. The molecule has 0 aromatic rings. The molecular weight excluding hydrogens is 254 g/mol. The summed E-state index contributed by atoms with van der Waals surface area (Å²) >= 11 is 0. The molecule has 1 aliphatic carbocycles. The summed E-state index contributed by atoms with van der Waals surface area (Å²) in [4.78, 5) is 14.0. The van der Waals surface area contributed by atoms with E-state index in [4.69, 9.17) is 9.47 Å². The summed E-state index contributed by atoms with van der Waals surface area (Å²) in [6, 6.07) is 0. The Balaban J connectivity index is 0.00000289. The Morgan fingerprint density at radius 3 is 2.33 bits per heavy atom. The average molecular weight is 280 g/mol. The van der Waals surface area contributed by atoms with Gasteiger partial charge in [-0.2, -0.15) is 0 Å². The van der Waals surface area contributed by atoms with E-state index in [2.05, 4.69) is 4.90 Å². The molecule has 0 aromatic carbocycles. The van der Waals surface area contributed by atoms with Crippen molar-refractivity contribution in [2.45, 2.75) is 44.1 Å². The second-order valence-electron chi connectivity index (χ2n) is 5.05. The van der Waals surface area contributed by atoms with Crippen LogP contribution in [0, 0.1) is 0 Å². The number of rotatable bonds is 6. The fourth-order valence-corrected chi connectivity index (χ4v) is 2.36. The first-order valence-corrected chi connectivity index (χ1v) is 6.48. The molecule has 0 spiro atoms. The predicted octanol–water partition coefficient (Wildman–Crippen LogP) is 2.25. The van der Waals surface area contributed by atoms with Crippen LogP contribution < -0.4 is 0 Å². The first-order valence-electron chi connectivity index (χ1n) is 6.48. The average Bonchev–Trinajstić information content (AvgIpc) is 2.34. The molecule has 1 fully saturated rings. The Bertz CT molecular complexity index is 240. The molecule has 0 radical (unpaired) electrons. The van der Waals surface area contributed by atoms with E-state index in [1.54, 1.807) is 0 Å². The first-order chi connectivity index (χ1) is 8.10. The lowest BCUT2D eigenvalue weighted by Crippen LogP contribution is -2.44. The van der Waals surface area contributed by atoms with Gasteiger partial charge in [0.25, 0.3) is 0 Å². The lowest BCUT2D eigenvalue weighted by molar-refractivity contribution is -0.174. The van der Waals surface area contributed by atoms with Crippen LogP contribution in [0.4, 0.5) is 0 Å². The Morgan fingerprint density at radius 1 is 1.22 bits per heavy atom. The third-order valence-electron chi connectivity index (χ3n) is 3.35. The van der Waals surface area contributed by atoms with E-state index in [1.807, 2.05) is 14.1 Å². The molecule has 0 aliphatic heterocycles. The van der Waals surface area contributed by atoms with E-state index in [-0.39, 0.29) is 18.4 Å². The maximum Gasteiger partial charge on any atom is 0.338 e. The van der Waals surface area contributed by atoms with E-state index in [9.17, 15) is 4.79 Å². The number of nitrogens with zero attached hydrogens (tertiary/aromatic N) is 1. The molecule has 0 unspecified atom stereocenters. The second kappa shape index (κ2) is 8.73. The van der Waals surface area contributed by atoms with Crippen molar-refractivity contribution in [2.75, 3.05) is 34.4 Å². The molecule has 5 heteroatoms. The molecule has 1 aliphatic rings. The number of carbonyl (C=O) groups excluding carboxylic acids is 1. The van der Waals surface area contributed by atoms with Gasteiger partial charge in [-0.05, 0) is 52.7 Å². The first kappa shape index (κ1) is 17.7. The van der Waals surface area contributed by atoms with Gasteiger partial charge in [-0.15, -0.1) is 12.4 Å². The zero-order valence-corrected chi connectivity index (χ0v) is 12.6. The van der Waals surface area contributed by atoms with E-state index >= 15 is 0 Å². The van der Waals surface area contributed by atoms with Crippen LogP contribution >= 0.6 is 12.4 Å². The van der Waals surface area contributed by atoms with Gasteiger partial charge in [0.2, 0.25) is 0 Å². The summed E-state index contributed by atoms with van der Waals surface area (Å²) in [5.74, 6) is -0.193. The minimum Gasteiger partial charge on any atom is -0.467 e. The summed E-state index contributed by atoms with van der Waals surface area (Å²) in [6.07, 6.45) is 5.88. The highest BCUT2D eigenvalue weighted by Crippen LogP contribution is 2.32. The number of ether oxygens (including phenoxy) is 2.